The van der Waals surface area contributed by atoms with Gasteiger partial charge in [0.2, 0.25) is 0 Å². The number of ether oxygens (including phenoxy) is 2. The number of rotatable bonds is 8. The van der Waals surface area contributed by atoms with Crippen LogP contribution in [0.4, 0.5) is 0 Å². The molecule has 5 aliphatic rings. The van der Waals surface area contributed by atoms with E-state index in [0.29, 0.717) is 5.41 Å². The van der Waals surface area contributed by atoms with E-state index in [1.807, 2.05) is 0 Å². The van der Waals surface area contributed by atoms with E-state index < -0.39 is 37.3 Å². The normalized spacial score (nSPS) is 48.7. The summed E-state index contributed by atoms with van der Waals surface area (Å²) in [5.74, 6) is 4.87. The topological polar surface area (TPSA) is 99.4 Å². The lowest BCUT2D eigenvalue weighted by Gasteiger charge is -2.58. The molecule has 0 amide bonds. The van der Waals surface area contributed by atoms with Crippen molar-refractivity contribution >= 4 is 0 Å². The van der Waals surface area contributed by atoms with E-state index in [1.165, 1.54) is 56.9 Å². The van der Waals surface area contributed by atoms with Gasteiger partial charge in [0.05, 0.1) is 12.7 Å². The zero-order chi connectivity index (χ0) is 28.1. The van der Waals surface area contributed by atoms with E-state index >= 15 is 0 Å². The van der Waals surface area contributed by atoms with Crippen LogP contribution in [0.2, 0.25) is 0 Å². The summed E-state index contributed by atoms with van der Waals surface area (Å²) in [6.45, 7) is 12.0. The molecule has 4 fully saturated rings. The number of allylic oxidation sites excluding steroid dienone is 1. The largest absolute Gasteiger partial charge is 0.394 e. The Balaban J connectivity index is 1.24. The molecule has 0 aromatic rings. The van der Waals surface area contributed by atoms with Gasteiger partial charge in [0.1, 0.15) is 24.4 Å². The predicted molar refractivity (Wildman–Crippen MR) is 152 cm³/mol. The fraction of sp³-hybridized carbons (Fsp3) is 0.939. The van der Waals surface area contributed by atoms with Crippen molar-refractivity contribution in [3.05, 3.63) is 11.6 Å². The van der Waals surface area contributed by atoms with Crippen LogP contribution < -0.4 is 0 Å². The maximum Gasteiger partial charge on any atom is 0.186 e. The van der Waals surface area contributed by atoms with Crippen LogP contribution in [-0.2, 0) is 9.47 Å². The highest BCUT2D eigenvalue weighted by atomic mass is 16.7. The zero-order valence-electron chi connectivity index (χ0n) is 25.1. The Bertz CT molecular complexity index is 872. The van der Waals surface area contributed by atoms with Crippen molar-refractivity contribution in [3.63, 3.8) is 0 Å². The van der Waals surface area contributed by atoms with Crippen LogP contribution in [0.15, 0.2) is 11.6 Å². The molecule has 3 saturated carbocycles. The molecule has 0 bridgehead atoms. The van der Waals surface area contributed by atoms with Crippen molar-refractivity contribution in [2.75, 3.05) is 6.61 Å². The fourth-order valence-electron chi connectivity index (χ4n) is 10.1. The second-order valence-corrected chi connectivity index (χ2v) is 15.0. The first-order valence-electron chi connectivity index (χ1n) is 16.1. The number of aliphatic hydroxyl groups is 4. The maximum atomic E-state index is 10.5. The SMILES string of the molecule is CC(C)CCC[C@@H](C)[C@H]1CCC2C3CC=C4CC(O[C@@H]5O[C@H](CO)[C@@H](O)[C@H](O)[C@H]5O)CC[C@]4(C)C3CC[C@@]21C. The quantitative estimate of drug-likeness (QED) is 0.311. The molecule has 39 heavy (non-hydrogen) atoms. The lowest BCUT2D eigenvalue weighted by Crippen LogP contribution is -2.60. The average molecular weight is 549 g/mol. The summed E-state index contributed by atoms with van der Waals surface area (Å²) in [4.78, 5) is 0. The Hall–Kier alpha value is -0.500. The molecule has 5 rings (SSSR count). The predicted octanol–water partition coefficient (Wildman–Crippen LogP) is 5.21. The molecule has 6 heteroatoms. The van der Waals surface area contributed by atoms with Gasteiger partial charge in [-0.25, -0.2) is 0 Å². The van der Waals surface area contributed by atoms with Crippen molar-refractivity contribution in [2.24, 2.45) is 46.3 Å². The third-order valence-electron chi connectivity index (χ3n) is 12.4. The van der Waals surface area contributed by atoms with E-state index in [0.717, 1.165) is 54.8 Å². The standard InChI is InChI=1S/C33H56O6/c1-19(2)7-6-8-20(3)24-11-12-25-23-10-9-21-17-22(13-15-32(21,4)26(23)14-16-33(24,25)5)38-31-30(37)29(36)28(35)27(18-34)39-31/h9,19-20,22-31,34-37H,6-8,10-18H2,1-5H3/t20-,22?,23?,24-,25?,26?,27-,28-,29+,30-,31-,32+,33-/m1/s1. The number of hydrogen-bond acceptors (Lipinski definition) is 6. The Morgan fingerprint density at radius 1 is 0.949 bits per heavy atom. The van der Waals surface area contributed by atoms with Crippen LogP contribution in [-0.4, -0.2) is 63.8 Å². The van der Waals surface area contributed by atoms with Gasteiger partial charge in [-0.05, 0) is 97.7 Å². The molecule has 6 nitrogen and oxygen atoms in total. The van der Waals surface area contributed by atoms with E-state index in [-0.39, 0.29) is 11.5 Å². The highest BCUT2D eigenvalue weighted by Crippen LogP contribution is 2.67. The average Bonchev–Trinajstić information content (AvgIpc) is 3.26. The Morgan fingerprint density at radius 3 is 2.44 bits per heavy atom. The molecule has 4 aliphatic carbocycles. The molecule has 1 saturated heterocycles. The summed E-state index contributed by atoms with van der Waals surface area (Å²) < 4.78 is 11.9. The number of aliphatic hydroxyl groups excluding tert-OH is 4. The molecule has 13 atom stereocenters. The first-order chi connectivity index (χ1) is 18.5. The van der Waals surface area contributed by atoms with Crippen molar-refractivity contribution in [1.29, 1.82) is 0 Å². The van der Waals surface area contributed by atoms with Crippen molar-refractivity contribution in [3.8, 4) is 0 Å². The van der Waals surface area contributed by atoms with Gasteiger partial charge in [-0.15, -0.1) is 0 Å². The number of fused-ring (bicyclic) bond motifs is 5. The monoisotopic (exact) mass is 548 g/mol. The molecule has 1 aliphatic heterocycles. The third kappa shape index (κ3) is 5.41. The highest BCUT2D eigenvalue weighted by molar-refractivity contribution is 5.25. The van der Waals surface area contributed by atoms with Crippen LogP contribution in [0.3, 0.4) is 0 Å². The smallest absolute Gasteiger partial charge is 0.186 e. The van der Waals surface area contributed by atoms with Gasteiger partial charge < -0.3 is 29.9 Å². The number of hydrogen-bond donors (Lipinski definition) is 4. The molecule has 224 valence electrons. The molecular formula is C33H56O6. The van der Waals surface area contributed by atoms with Crippen LogP contribution in [0.1, 0.15) is 105 Å². The summed E-state index contributed by atoms with van der Waals surface area (Å²) in [5.41, 5.74) is 2.20. The minimum atomic E-state index is -1.39. The molecule has 1 heterocycles. The van der Waals surface area contributed by atoms with E-state index in [9.17, 15) is 20.4 Å². The van der Waals surface area contributed by atoms with Crippen LogP contribution in [0.5, 0.6) is 0 Å². The Labute approximate surface area is 236 Å². The van der Waals surface area contributed by atoms with Gasteiger partial charge in [-0.1, -0.05) is 65.5 Å². The molecule has 4 unspecified atom stereocenters. The summed E-state index contributed by atoms with van der Waals surface area (Å²) >= 11 is 0. The van der Waals surface area contributed by atoms with Crippen LogP contribution >= 0.6 is 0 Å². The third-order valence-corrected chi connectivity index (χ3v) is 12.4. The molecule has 0 aromatic carbocycles. The van der Waals surface area contributed by atoms with Crippen LogP contribution in [0, 0.1) is 46.3 Å². The highest BCUT2D eigenvalue weighted by Gasteiger charge is 2.59. The Morgan fingerprint density at radius 2 is 1.72 bits per heavy atom. The van der Waals surface area contributed by atoms with Gasteiger partial charge in [0, 0.05) is 0 Å². The summed E-state index contributed by atoms with van der Waals surface area (Å²) in [5, 5.41) is 40.3. The minimum Gasteiger partial charge on any atom is -0.394 e. The minimum absolute atomic E-state index is 0.0984. The molecule has 0 radical (unpaired) electrons. The van der Waals surface area contributed by atoms with E-state index in [2.05, 4.69) is 40.7 Å². The van der Waals surface area contributed by atoms with E-state index in [4.69, 9.17) is 9.47 Å². The summed E-state index contributed by atoms with van der Waals surface area (Å²) in [7, 11) is 0. The van der Waals surface area contributed by atoms with Gasteiger partial charge in [-0.2, -0.15) is 0 Å². The van der Waals surface area contributed by atoms with Gasteiger partial charge >= 0.3 is 0 Å². The molecule has 4 N–H and O–H groups in total. The molecule has 0 spiro atoms. The van der Waals surface area contributed by atoms with Crippen molar-refractivity contribution in [2.45, 2.75) is 142 Å². The molecule has 0 aromatic heterocycles. The van der Waals surface area contributed by atoms with Gasteiger partial charge in [0.15, 0.2) is 6.29 Å². The Kier molecular flexibility index (Phi) is 8.95. The second kappa shape index (κ2) is 11.6. The van der Waals surface area contributed by atoms with Crippen molar-refractivity contribution < 1.29 is 29.9 Å². The summed E-state index contributed by atoms with van der Waals surface area (Å²) in [6.07, 6.45) is 9.98. The first-order valence-corrected chi connectivity index (χ1v) is 16.1. The van der Waals surface area contributed by atoms with Crippen LogP contribution in [0.25, 0.3) is 0 Å². The maximum absolute atomic E-state index is 10.5. The zero-order valence-corrected chi connectivity index (χ0v) is 25.1. The van der Waals surface area contributed by atoms with Crippen molar-refractivity contribution in [1.82, 2.24) is 0 Å². The lowest BCUT2D eigenvalue weighted by molar-refractivity contribution is -0.313. The summed E-state index contributed by atoms with van der Waals surface area (Å²) in [6, 6.07) is 0. The van der Waals surface area contributed by atoms with Gasteiger partial charge in [-0.3, -0.25) is 0 Å². The van der Waals surface area contributed by atoms with Gasteiger partial charge in [0.25, 0.3) is 0 Å². The molecular weight excluding hydrogens is 492 g/mol. The van der Waals surface area contributed by atoms with E-state index in [1.54, 1.807) is 0 Å². The second-order valence-electron chi connectivity index (χ2n) is 15.0. The lowest BCUT2D eigenvalue weighted by atomic mass is 9.47. The first kappa shape index (κ1) is 30.0. The fourth-order valence-corrected chi connectivity index (χ4v) is 10.1.